The van der Waals surface area contributed by atoms with Gasteiger partial charge in [-0.05, 0) is 48.0 Å². The summed E-state index contributed by atoms with van der Waals surface area (Å²) in [6, 6.07) is 19.6. The zero-order valence-corrected chi connectivity index (χ0v) is 12.4. The Balaban J connectivity index is 2.13. The molecule has 0 N–H and O–H groups in total. The van der Waals surface area contributed by atoms with E-state index in [0.717, 1.165) is 22.4 Å². The summed E-state index contributed by atoms with van der Waals surface area (Å²) in [5.41, 5.74) is 2.62. The summed E-state index contributed by atoms with van der Waals surface area (Å²) >= 11 is 0. The third kappa shape index (κ3) is 2.99. The quantitative estimate of drug-likeness (QED) is 0.737. The van der Waals surface area contributed by atoms with E-state index < -0.39 is 5.63 Å². The molecule has 0 fully saturated rings. The van der Waals surface area contributed by atoms with Gasteiger partial charge < -0.3 is 9.15 Å². The van der Waals surface area contributed by atoms with Crippen molar-refractivity contribution in [2.75, 3.05) is 7.11 Å². The van der Waals surface area contributed by atoms with Crippen LogP contribution >= 0.6 is 0 Å². The van der Waals surface area contributed by atoms with Crippen LogP contribution in [0.4, 0.5) is 0 Å². The van der Waals surface area contributed by atoms with Gasteiger partial charge in [-0.25, -0.2) is 4.79 Å². The number of rotatable bonds is 3. The Morgan fingerprint density at radius 2 is 1.57 bits per heavy atom. The molecule has 0 aliphatic heterocycles. The van der Waals surface area contributed by atoms with Crippen molar-refractivity contribution in [2.24, 2.45) is 0 Å². The lowest BCUT2D eigenvalue weighted by molar-refractivity contribution is 0.415. The van der Waals surface area contributed by atoms with Crippen molar-refractivity contribution in [1.29, 1.82) is 5.26 Å². The van der Waals surface area contributed by atoms with E-state index in [4.69, 9.17) is 14.4 Å². The number of benzene rings is 2. The van der Waals surface area contributed by atoms with Crippen molar-refractivity contribution in [1.82, 2.24) is 0 Å². The van der Waals surface area contributed by atoms with E-state index in [0.29, 0.717) is 11.3 Å². The summed E-state index contributed by atoms with van der Waals surface area (Å²) < 4.78 is 10.6. The van der Waals surface area contributed by atoms with E-state index in [9.17, 15) is 4.79 Å². The van der Waals surface area contributed by atoms with Gasteiger partial charge in [-0.1, -0.05) is 12.1 Å². The third-order valence-corrected chi connectivity index (χ3v) is 3.51. The molecule has 4 nitrogen and oxygen atoms in total. The first-order chi connectivity index (χ1) is 11.2. The summed E-state index contributed by atoms with van der Waals surface area (Å²) in [5, 5.41) is 8.90. The van der Waals surface area contributed by atoms with Gasteiger partial charge >= 0.3 is 5.63 Å². The van der Waals surface area contributed by atoms with Gasteiger partial charge in [-0.15, -0.1) is 0 Å². The summed E-state index contributed by atoms with van der Waals surface area (Å²) in [6.07, 6.45) is 0. The molecule has 0 aliphatic carbocycles. The Kier molecular flexibility index (Phi) is 3.94. The molecule has 0 bridgehead atoms. The molecule has 3 rings (SSSR count). The highest BCUT2D eigenvalue weighted by Gasteiger charge is 2.11. The van der Waals surface area contributed by atoms with E-state index >= 15 is 0 Å². The Morgan fingerprint density at radius 1 is 0.913 bits per heavy atom. The minimum Gasteiger partial charge on any atom is -0.497 e. The standard InChI is InChI=1S/C19H13NO3/c1-22-16-8-6-15(7-9-16)19-17(10-11-18(21)23-19)14-4-2-13(12-20)3-5-14/h2-11H,1H3. The average molecular weight is 303 g/mol. The Hall–Kier alpha value is -3.32. The Morgan fingerprint density at radius 3 is 2.17 bits per heavy atom. The maximum absolute atomic E-state index is 11.6. The SMILES string of the molecule is COc1ccc(-c2oc(=O)ccc2-c2ccc(C#N)cc2)cc1. The molecule has 1 heterocycles. The van der Waals surface area contributed by atoms with Crippen LogP contribution in [0.2, 0.25) is 0 Å². The van der Waals surface area contributed by atoms with E-state index in [-0.39, 0.29) is 0 Å². The number of hydrogen-bond donors (Lipinski definition) is 0. The third-order valence-electron chi connectivity index (χ3n) is 3.51. The molecule has 23 heavy (non-hydrogen) atoms. The van der Waals surface area contributed by atoms with Crippen LogP contribution in [0.3, 0.4) is 0 Å². The normalized spacial score (nSPS) is 10.1. The first kappa shape index (κ1) is 14.6. The van der Waals surface area contributed by atoms with Gasteiger partial charge in [0.25, 0.3) is 0 Å². The topological polar surface area (TPSA) is 63.2 Å². The van der Waals surface area contributed by atoms with Crippen molar-refractivity contribution < 1.29 is 9.15 Å². The van der Waals surface area contributed by atoms with Crippen LogP contribution in [-0.2, 0) is 0 Å². The molecule has 0 unspecified atom stereocenters. The minimum absolute atomic E-state index is 0.409. The van der Waals surface area contributed by atoms with Crippen molar-refractivity contribution >= 4 is 0 Å². The van der Waals surface area contributed by atoms with Gasteiger partial charge in [0.1, 0.15) is 11.5 Å². The number of ether oxygens (including phenoxy) is 1. The Bertz CT molecular complexity index is 917. The second-order valence-electron chi connectivity index (χ2n) is 4.91. The molecule has 4 heteroatoms. The molecule has 0 spiro atoms. The fourth-order valence-corrected chi connectivity index (χ4v) is 2.33. The van der Waals surface area contributed by atoms with Crippen molar-refractivity contribution in [3.63, 3.8) is 0 Å². The van der Waals surface area contributed by atoms with E-state index in [1.54, 1.807) is 25.3 Å². The lowest BCUT2D eigenvalue weighted by Gasteiger charge is -2.09. The van der Waals surface area contributed by atoms with E-state index in [1.165, 1.54) is 6.07 Å². The molecule has 112 valence electrons. The van der Waals surface area contributed by atoms with Gasteiger partial charge in [0.05, 0.1) is 18.7 Å². The predicted molar refractivity (Wildman–Crippen MR) is 87.1 cm³/mol. The summed E-state index contributed by atoms with van der Waals surface area (Å²) in [5.74, 6) is 1.22. The van der Waals surface area contributed by atoms with E-state index in [1.807, 2.05) is 36.4 Å². The zero-order valence-electron chi connectivity index (χ0n) is 12.4. The first-order valence-corrected chi connectivity index (χ1v) is 7.00. The van der Waals surface area contributed by atoms with Crippen LogP contribution in [0.5, 0.6) is 5.75 Å². The molecule has 0 radical (unpaired) electrons. The highest BCUT2D eigenvalue weighted by molar-refractivity contribution is 5.79. The van der Waals surface area contributed by atoms with Gasteiger partial charge in [0.15, 0.2) is 0 Å². The van der Waals surface area contributed by atoms with Crippen LogP contribution in [-0.4, -0.2) is 7.11 Å². The minimum atomic E-state index is -0.409. The fraction of sp³-hybridized carbons (Fsp3) is 0.0526. The van der Waals surface area contributed by atoms with Crippen molar-refractivity contribution in [3.05, 3.63) is 76.6 Å². The molecule has 0 saturated carbocycles. The average Bonchev–Trinajstić information content (AvgIpc) is 2.62. The van der Waals surface area contributed by atoms with Gasteiger partial charge in [0, 0.05) is 17.2 Å². The molecular weight excluding hydrogens is 290 g/mol. The molecular formula is C19H13NO3. The van der Waals surface area contributed by atoms with Gasteiger partial charge in [0.2, 0.25) is 0 Å². The molecule has 0 amide bonds. The van der Waals surface area contributed by atoms with Gasteiger partial charge in [-0.3, -0.25) is 0 Å². The number of nitrogens with zero attached hydrogens (tertiary/aromatic N) is 1. The van der Waals surface area contributed by atoms with Gasteiger partial charge in [-0.2, -0.15) is 5.26 Å². The van der Waals surface area contributed by atoms with Crippen LogP contribution in [0.1, 0.15) is 5.56 Å². The second-order valence-corrected chi connectivity index (χ2v) is 4.91. The van der Waals surface area contributed by atoms with Crippen molar-refractivity contribution in [2.45, 2.75) is 0 Å². The molecule has 2 aromatic carbocycles. The zero-order chi connectivity index (χ0) is 16.2. The van der Waals surface area contributed by atoms with Crippen LogP contribution < -0.4 is 10.4 Å². The lowest BCUT2D eigenvalue weighted by atomic mass is 10.00. The maximum Gasteiger partial charge on any atom is 0.336 e. The summed E-state index contributed by atoms with van der Waals surface area (Å²) in [6.45, 7) is 0. The predicted octanol–water partition coefficient (Wildman–Crippen LogP) is 3.85. The number of methoxy groups -OCH3 is 1. The largest absolute Gasteiger partial charge is 0.497 e. The fourth-order valence-electron chi connectivity index (χ4n) is 2.33. The molecule has 1 aromatic heterocycles. The monoisotopic (exact) mass is 303 g/mol. The van der Waals surface area contributed by atoms with Crippen LogP contribution in [0.25, 0.3) is 22.5 Å². The lowest BCUT2D eigenvalue weighted by Crippen LogP contribution is -1.98. The summed E-state index contributed by atoms with van der Waals surface area (Å²) in [4.78, 5) is 11.6. The van der Waals surface area contributed by atoms with E-state index in [2.05, 4.69) is 6.07 Å². The molecule has 0 aliphatic rings. The van der Waals surface area contributed by atoms with Crippen LogP contribution in [0.15, 0.2) is 69.9 Å². The first-order valence-electron chi connectivity index (χ1n) is 7.00. The molecule has 3 aromatic rings. The number of nitriles is 1. The molecule has 0 atom stereocenters. The Labute approximate surface area is 133 Å². The molecule has 0 saturated heterocycles. The highest BCUT2D eigenvalue weighted by atomic mass is 16.5. The second kappa shape index (κ2) is 6.20. The number of hydrogen-bond acceptors (Lipinski definition) is 4. The van der Waals surface area contributed by atoms with Crippen LogP contribution in [0, 0.1) is 11.3 Å². The highest BCUT2D eigenvalue weighted by Crippen LogP contribution is 2.31. The van der Waals surface area contributed by atoms with Crippen molar-refractivity contribution in [3.8, 4) is 34.3 Å². The summed E-state index contributed by atoms with van der Waals surface area (Å²) in [7, 11) is 1.60. The maximum atomic E-state index is 11.6. The smallest absolute Gasteiger partial charge is 0.336 e.